The van der Waals surface area contributed by atoms with Gasteiger partial charge in [-0.3, -0.25) is 0 Å². The van der Waals surface area contributed by atoms with Crippen LogP contribution >= 0.6 is 47.2 Å². The van der Waals surface area contributed by atoms with Gasteiger partial charge in [-0.05, 0) is 62.8 Å². The Hall–Kier alpha value is -1.11. The highest BCUT2D eigenvalue weighted by Crippen LogP contribution is 2.31. The van der Waals surface area contributed by atoms with Gasteiger partial charge in [0.25, 0.3) is 0 Å². The van der Waals surface area contributed by atoms with E-state index in [9.17, 15) is 0 Å². The van der Waals surface area contributed by atoms with Gasteiger partial charge in [0.1, 0.15) is 0 Å². The molecule has 9 heteroatoms. The lowest BCUT2D eigenvalue weighted by Crippen LogP contribution is -2.29. The molecule has 0 spiro atoms. The van der Waals surface area contributed by atoms with Gasteiger partial charge in [0.2, 0.25) is 5.28 Å². The summed E-state index contributed by atoms with van der Waals surface area (Å²) in [6.45, 7) is 2.11. The van der Waals surface area contributed by atoms with Crippen molar-refractivity contribution >= 4 is 52.9 Å². The van der Waals surface area contributed by atoms with E-state index in [-0.39, 0.29) is 17.7 Å². The maximum Gasteiger partial charge on any atom is 0.226 e. The lowest BCUT2D eigenvalue weighted by molar-refractivity contribution is 0.251. The second-order valence-corrected chi connectivity index (χ2v) is 7.53. The Labute approximate surface area is 172 Å². The number of likely N-dealkylation sites (tertiary alicyclic amines) is 1. The van der Waals surface area contributed by atoms with Gasteiger partial charge in [-0.2, -0.15) is 4.52 Å². The molecular weight excluding hydrogens is 416 g/mol. The number of benzene rings is 1. The van der Waals surface area contributed by atoms with E-state index in [1.807, 2.05) is 12.1 Å². The van der Waals surface area contributed by atoms with Crippen molar-refractivity contribution in [1.29, 1.82) is 0 Å². The molecular formula is C17H17Cl4N5. The molecule has 0 radical (unpaired) electrons. The fourth-order valence-corrected chi connectivity index (χ4v) is 3.87. The summed E-state index contributed by atoms with van der Waals surface area (Å²) < 4.78 is 1.59. The Bertz CT molecular complexity index is 934. The first-order valence-corrected chi connectivity index (χ1v) is 9.22. The zero-order valence-corrected chi connectivity index (χ0v) is 17.1. The lowest BCUT2D eigenvalue weighted by Gasteiger charge is -2.26. The van der Waals surface area contributed by atoms with Gasteiger partial charge in [-0.25, -0.2) is 9.97 Å². The standard InChI is InChI=1S/C17H16Cl3N5.ClH/c1-24-6-4-10(5-7-24)16-22-15-9-14(21-17(20)25(15)23-16)12-3-2-11(18)8-13(12)19;/h2-3,8-10H,4-7H2,1H3;1H. The highest BCUT2D eigenvalue weighted by molar-refractivity contribution is 6.36. The van der Waals surface area contributed by atoms with E-state index in [0.29, 0.717) is 27.3 Å². The normalized spacial score (nSPS) is 16.0. The van der Waals surface area contributed by atoms with Crippen LogP contribution in [0.15, 0.2) is 24.3 Å². The number of nitrogens with zero attached hydrogens (tertiary/aromatic N) is 5. The molecule has 0 N–H and O–H groups in total. The maximum absolute atomic E-state index is 6.34. The Morgan fingerprint density at radius 3 is 2.46 bits per heavy atom. The second-order valence-electron chi connectivity index (χ2n) is 6.35. The summed E-state index contributed by atoms with van der Waals surface area (Å²) in [6, 6.07) is 7.14. The second kappa shape index (κ2) is 7.87. The van der Waals surface area contributed by atoms with Crippen molar-refractivity contribution in [3.05, 3.63) is 45.4 Å². The molecule has 1 aromatic carbocycles. The van der Waals surface area contributed by atoms with Crippen LogP contribution in [0.5, 0.6) is 0 Å². The lowest BCUT2D eigenvalue weighted by atomic mass is 9.97. The average Bonchev–Trinajstić information content (AvgIpc) is 3.00. The Morgan fingerprint density at radius 2 is 1.77 bits per heavy atom. The third kappa shape index (κ3) is 3.78. The summed E-state index contributed by atoms with van der Waals surface area (Å²) in [4.78, 5) is 11.4. The number of rotatable bonds is 2. The number of hydrogen-bond acceptors (Lipinski definition) is 4. The number of halogens is 4. The molecule has 1 fully saturated rings. The molecule has 1 aliphatic rings. The molecule has 4 rings (SSSR count). The molecule has 0 unspecified atom stereocenters. The molecule has 2 aromatic heterocycles. The molecule has 26 heavy (non-hydrogen) atoms. The topological polar surface area (TPSA) is 46.3 Å². The summed E-state index contributed by atoms with van der Waals surface area (Å²) >= 11 is 18.6. The van der Waals surface area contributed by atoms with Crippen LogP contribution in [0.3, 0.4) is 0 Å². The molecule has 3 heterocycles. The molecule has 5 nitrogen and oxygen atoms in total. The smallest absolute Gasteiger partial charge is 0.226 e. The molecule has 1 saturated heterocycles. The highest BCUT2D eigenvalue weighted by atomic mass is 35.5. The summed E-state index contributed by atoms with van der Waals surface area (Å²) in [5, 5.41) is 5.94. The van der Waals surface area contributed by atoms with Crippen LogP contribution in [0.25, 0.3) is 16.9 Å². The summed E-state index contributed by atoms with van der Waals surface area (Å²) in [6.07, 6.45) is 2.10. The minimum Gasteiger partial charge on any atom is -0.306 e. The van der Waals surface area contributed by atoms with E-state index in [1.54, 1.807) is 16.6 Å². The predicted molar refractivity (Wildman–Crippen MR) is 108 cm³/mol. The van der Waals surface area contributed by atoms with E-state index in [4.69, 9.17) is 39.8 Å². The number of fused-ring (bicyclic) bond motifs is 1. The quantitative estimate of drug-likeness (QED) is 0.535. The van der Waals surface area contributed by atoms with Gasteiger partial charge in [0.15, 0.2) is 11.5 Å². The zero-order chi connectivity index (χ0) is 17.6. The summed E-state index contributed by atoms with van der Waals surface area (Å²) in [5.41, 5.74) is 2.09. The van der Waals surface area contributed by atoms with Crippen molar-refractivity contribution in [1.82, 2.24) is 24.5 Å². The Morgan fingerprint density at radius 1 is 1.04 bits per heavy atom. The SMILES string of the molecule is CN1CCC(c2nc3cc(-c4ccc(Cl)cc4Cl)nc(Cl)n3n2)CC1.Cl. The van der Waals surface area contributed by atoms with Gasteiger partial charge in [0.05, 0.1) is 10.7 Å². The van der Waals surface area contributed by atoms with Crippen molar-refractivity contribution in [3.8, 4) is 11.3 Å². The molecule has 138 valence electrons. The molecule has 0 saturated carbocycles. The minimum absolute atomic E-state index is 0. The molecule has 3 aromatic rings. The van der Waals surface area contributed by atoms with Crippen LogP contribution in [0.4, 0.5) is 0 Å². The van der Waals surface area contributed by atoms with Crippen molar-refractivity contribution in [2.24, 2.45) is 0 Å². The molecule has 1 aliphatic heterocycles. The fraction of sp³-hybridized carbons (Fsp3) is 0.353. The average molecular weight is 433 g/mol. The Kier molecular flexibility index (Phi) is 5.94. The fourth-order valence-electron chi connectivity index (χ4n) is 3.15. The molecule has 0 amide bonds. The van der Waals surface area contributed by atoms with Crippen LogP contribution in [0.2, 0.25) is 15.3 Å². The van der Waals surface area contributed by atoms with Crippen LogP contribution < -0.4 is 0 Å². The van der Waals surface area contributed by atoms with Crippen LogP contribution in [-0.2, 0) is 0 Å². The highest BCUT2D eigenvalue weighted by Gasteiger charge is 2.23. The predicted octanol–water partition coefficient (Wildman–Crippen LogP) is 4.98. The van der Waals surface area contributed by atoms with E-state index < -0.39 is 0 Å². The van der Waals surface area contributed by atoms with Crippen molar-refractivity contribution in [2.75, 3.05) is 20.1 Å². The van der Waals surface area contributed by atoms with Crippen LogP contribution in [0.1, 0.15) is 24.6 Å². The number of hydrogen-bond donors (Lipinski definition) is 0. The van der Waals surface area contributed by atoms with Gasteiger partial charge in [-0.15, -0.1) is 17.5 Å². The number of piperidine rings is 1. The zero-order valence-electron chi connectivity index (χ0n) is 14.0. The van der Waals surface area contributed by atoms with Crippen molar-refractivity contribution < 1.29 is 0 Å². The molecule has 0 aliphatic carbocycles. The third-order valence-corrected chi connectivity index (χ3v) is 5.39. The first-order chi connectivity index (χ1) is 12.0. The largest absolute Gasteiger partial charge is 0.306 e. The van der Waals surface area contributed by atoms with Gasteiger partial charge in [0, 0.05) is 22.6 Å². The van der Waals surface area contributed by atoms with Gasteiger partial charge in [-0.1, -0.05) is 23.2 Å². The summed E-state index contributed by atoms with van der Waals surface area (Å²) in [7, 11) is 2.14. The third-order valence-electron chi connectivity index (χ3n) is 4.59. The van der Waals surface area contributed by atoms with E-state index in [2.05, 4.69) is 22.0 Å². The Balaban J connectivity index is 0.00000196. The van der Waals surface area contributed by atoms with Crippen molar-refractivity contribution in [3.63, 3.8) is 0 Å². The van der Waals surface area contributed by atoms with Gasteiger partial charge >= 0.3 is 0 Å². The van der Waals surface area contributed by atoms with Crippen molar-refractivity contribution in [2.45, 2.75) is 18.8 Å². The van der Waals surface area contributed by atoms with Crippen LogP contribution in [-0.4, -0.2) is 44.6 Å². The minimum atomic E-state index is 0. The first kappa shape index (κ1) is 19.6. The monoisotopic (exact) mass is 431 g/mol. The maximum atomic E-state index is 6.34. The van der Waals surface area contributed by atoms with E-state index in [0.717, 1.165) is 37.3 Å². The van der Waals surface area contributed by atoms with E-state index in [1.165, 1.54) is 0 Å². The number of aromatic nitrogens is 4. The molecule has 0 bridgehead atoms. The van der Waals surface area contributed by atoms with Crippen LogP contribution in [0, 0.1) is 0 Å². The first-order valence-electron chi connectivity index (χ1n) is 8.08. The molecule has 0 atom stereocenters. The summed E-state index contributed by atoms with van der Waals surface area (Å²) in [5.74, 6) is 1.19. The van der Waals surface area contributed by atoms with Gasteiger partial charge < -0.3 is 4.90 Å². The van der Waals surface area contributed by atoms with E-state index >= 15 is 0 Å².